The molecule has 0 aliphatic heterocycles. The van der Waals surface area contributed by atoms with Crippen molar-refractivity contribution in [1.29, 1.82) is 0 Å². The maximum Gasteiger partial charge on any atom is 0.308 e. The standard InChI is InChI=1S/C22H19ClO4S2/c23-19-10-6-16(7-11-19)17-8-12-21(13-9-17)29(26,27)15-18(22(24)25)14-28-20-4-2-1-3-5-20/h1-13,18H,14-15H2,(H,24,25)/t18-/m1/s1. The molecule has 0 amide bonds. The summed E-state index contributed by atoms with van der Waals surface area (Å²) in [5.74, 6) is -2.37. The van der Waals surface area contributed by atoms with Crippen LogP contribution >= 0.6 is 23.4 Å². The summed E-state index contributed by atoms with van der Waals surface area (Å²) < 4.78 is 25.5. The van der Waals surface area contributed by atoms with E-state index in [4.69, 9.17) is 11.6 Å². The topological polar surface area (TPSA) is 71.4 Å². The molecule has 0 aromatic heterocycles. The molecule has 7 heteroatoms. The number of aliphatic carboxylic acids is 1. The first kappa shape index (κ1) is 21.4. The van der Waals surface area contributed by atoms with E-state index >= 15 is 0 Å². The smallest absolute Gasteiger partial charge is 0.308 e. The van der Waals surface area contributed by atoms with Crippen molar-refractivity contribution in [3.8, 4) is 11.1 Å². The minimum Gasteiger partial charge on any atom is -0.481 e. The minimum atomic E-state index is -3.73. The van der Waals surface area contributed by atoms with Crippen molar-refractivity contribution in [1.82, 2.24) is 0 Å². The Morgan fingerprint density at radius 2 is 1.45 bits per heavy atom. The molecule has 4 nitrogen and oxygen atoms in total. The molecule has 3 aromatic rings. The van der Waals surface area contributed by atoms with Gasteiger partial charge >= 0.3 is 5.97 Å². The average molecular weight is 447 g/mol. The third-order valence-electron chi connectivity index (χ3n) is 4.36. The van der Waals surface area contributed by atoms with Gasteiger partial charge in [-0.3, -0.25) is 4.79 Å². The highest BCUT2D eigenvalue weighted by molar-refractivity contribution is 7.99. The van der Waals surface area contributed by atoms with E-state index in [-0.39, 0.29) is 10.6 Å². The number of sulfone groups is 1. The normalized spacial score (nSPS) is 12.4. The maximum atomic E-state index is 12.8. The van der Waals surface area contributed by atoms with Crippen molar-refractivity contribution >= 4 is 39.2 Å². The molecule has 0 bridgehead atoms. The monoisotopic (exact) mass is 446 g/mol. The summed E-state index contributed by atoms with van der Waals surface area (Å²) in [5.41, 5.74) is 1.77. The van der Waals surface area contributed by atoms with E-state index in [0.29, 0.717) is 5.02 Å². The fourth-order valence-corrected chi connectivity index (χ4v) is 5.57. The first-order chi connectivity index (χ1) is 13.8. The van der Waals surface area contributed by atoms with Gasteiger partial charge in [0.2, 0.25) is 0 Å². The van der Waals surface area contributed by atoms with Gasteiger partial charge in [0, 0.05) is 15.7 Å². The first-order valence-corrected chi connectivity index (χ1v) is 11.9. The number of benzene rings is 3. The van der Waals surface area contributed by atoms with E-state index in [9.17, 15) is 18.3 Å². The summed E-state index contributed by atoms with van der Waals surface area (Å²) in [6.45, 7) is 0. The Kier molecular flexibility index (Phi) is 7.00. The van der Waals surface area contributed by atoms with Gasteiger partial charge in [0.15, 0.2) is 9.84 Å². The second kappa shape index (κ2) is 9.48. The van der Waals surface area contributed by atoms with Gasteiger partial charge in [-0.05, 0) is 47.5 Å². The lowest BCUT2D eigenvalue weighted by Crippen LogP contribution is -2.26. The summed E-state index contributed by atoms with van der Waals surface area (Å²) in [6, 6.07) is 23.0. The van der Waals surface area contributed by atoms with E-state index in [1.54, 1.807) is 24.3 Å². The quantitative estimate of drug-likeness (QED) is 0.477. The predicted octanol–water partition coefficient (Wildman–Crippen LogP) is 5.27. The number of carboxylic acids is 1. The number of thioether (sulfide) groups is 1. The molecule has 0 fully saturated rings. The van der Waals surface area contributed by atoms with E-state index < -0.39 is 27.5 Å². The van der Waals surface area contributed by atoms with Crippen molar-refractivity contribution in [2.45, 2.75) is 9.79 Å². The highest BCUT2D eigenvalue weighted by atomic mass is 35.5. The Balaban J connectivity index is 1.72. The molecule has 150 valence electrons. The predicted molar refractivity (Wildman–Crippen MR) is 117 cm³/mol. The van der Waals surface area contributed by atoms with Crippen LogP contribution in [0.4, 0.5) is 0 Å². The van der Waals surface area contributed by atoms with Crippen LogP contribution in [0.5, 0.6) is 0 Å². The Morgan fingerprint density at radius 1 is 0.897 bits per heavy atom. The van der Waals surface area contributed by atoms with Gasteiger partial charge < -0.3 is 5.11 Å². The number of hydrogen-bond donors (Lipinski definition) is 1. The van der Waals surface area contributed by atoms with Crippen LogP contribution in [-0.2, 0) is 14.6 Å². The lowest BCUT2D eigenvalue weighted by Gasteiger charge is -2.13. The summed E-state index contributed by atoms with van der Waals surface area (Å²) >= 11 is 7.23. The van der Waals surface area contributed by atoms with Gasteiger partial charge in [0.25, 0.3) is 0 Å². The summed E-state index contributed by atoms with van der Waals surface area (Å²) in [5, 5.41) is 10.1. The van der Waals surface area contributed by atoms with E-state index in [1.165, 1.54) is 23.9 Å². The van der Waals surface area contributed by atoms with Crippen molar-refractivity contribution < 1.29 is 18.3 Å². The van der Waals surface area contributed by atoms with E-state index in [2.05, 4.69) is 0 Å². The van der Waals surface area contributed by atoms with Crippen LogP contribution in [-0.4, -0.2) is 31.0 Å². The fourth-order valence-electron chi connectivity index (χ4n) is 2.76. The van der Waals surface area contributed by atoms with Crippen molar-refractivity contribution in [3.63, 3.8) is 0 Å². The summed E-state index contributed by atoms with van der Waals surface area (Å²) in [6.07, 6.45) is 0. The molecule has 3 aromatic carbocycles. The second-order valence-corrected chi connectivity index (χ2v) is 10.0. The van der Waals surface area contributed by atoms with Gasteiger partial charge in [-0.15, -0.1) is 11.8 Å². The Hall–Kier alpha value is -2.28. The highest BCUT2D eigenvalue weighted by Crippen LogP contribution is 2.26. The zero-order valence-corrected chi connectivity index (χ0v) is 17.8. The summed E-state index contributed by atoms with van der Waals surface area (Å²) in [4.78, 5) is 12.6. The molecule has 0 spiro atoms. The number of carboxylic acid groups (broad SMARTS) is 1. The maximum absolute atomic E-state index is 12.8. The molecule has 0 saturated carbocycles. The first-order valence-electron chi connectivity index (χ1n) is 8.84. The number of hydrogen-bond acceptors (Lipinski definition) is 4. The van der Waals surface area contributed by atoms with Gasteiger partial charge in [-0.1, -0.05) is 54.1 Å². The Bertz CT molecular complexity index is 1060. The van der Waals surface area contributed by atoms with E-state index in [1.807, 2.05) is 42.5 Å². The minimum absolute atomic E-state index is 0.117. The SMILES string of the molecule is O=C(O)[C@H](CSc1ccccc1)CS(=O)(=O)c1ccc(-c2ccc(Cl)cc2)cc1. The summed E-state index contributed by atoms with van der Waals surface area (Å²) in [7, 11) is -3.73. The molecule has 3 rings (SSSR count). The van der Waals surface area contributed by atoms with Crippen molar-refractivity contribution in [2.75, 3.05) is 11.5 Å². The van der Waals surface area contributed by atoms with Crippen LogP contribution < -0.4 is 0 Å². The van der Waals surface area contributed by atoms with Crippen LogP contribution in [0.15, 0.2) is 88.7 Å². The second-order valence-electron chi connectivity index (χ2n) is 6.47. The fraction of sp³-hybridized carbons (Fsp3) is 0.136. The third-order valence-corrected chi connectivity index (χ3v) is 7.61. The van der Waals surface area contributed by atoms with Gasteiger partial charge in [0.1, 0.15) is 0 Å². The van der Waals surface area contributed by atoms with Crippen molar-refractivity contribution in [2.24, 2.45) is 5.92 Å². The lowest BCUT2D eigenvalue weighted by atomic mass is 10.1. The molecule has 29 heavy (non-hydrogen) atoms. The zero-order valence-electron chi connectivity index (χ0n) is 15.4. The lowest BCUT2D eigenvalue weighted by molar-refractivity contribution is -0.140. The average Bonchev–Trinajstić information content (AvgIpc) is 2.72. The molecular formula is C22H19ClO4S2. The molecule has 0 saturated heterocycles. The Labute approximate surface area is 179 Å². The number of rotatable bonds is 8. The van der Waals surface area contributed by atoms with Gasteiger partial charge in [-0.2, -0.15) is 0 Å². The molecule has 1 N–H and O–H groups in total. The number of halogens is 1. The highest BCUT2D eigenvalue weighted by Gasteiger charge is 2.27. The van der Waals surface area contributed by atoms with Crippen molar-refractivity contribution in [3.05, 3.63) is 83.9 Å². The third kappa shape index (κ3) is 5.85. The van der Waals surface area contributed by atoms with E-state index in [0.717, 1.165) is 16.0 Å². The van der Waals surface area contributed by atoms with Crippen LogP contribution in [0, 0.1) is 5.92 Å². The largest absolute Gasteiger partial charge is 0.481 e. The molecule has 0 heterocycles. The van der Waals surface area contributed by atoms with Crippen LogP contribution in [0.2, 0.25) is 5.02 Å². The number of carbonyl (C=O) groups is 1. The molecule has 1 atom stereocenters. The van der Waals surface area contributed by atoms with Gasteiger partial charge in [-0.25, -0.2) is 8.42 Å². The van der Waals surface area contributed by atoms with Crippen LogP contribution in [0.1, 0.15) is 0 Å². The zero-order chi connectivity index (χ0) is 20.9. The molecule has 0 unspecified atom stereocenters. The Morgan fingerprint density at radius 3 is 2.00 bits per heavy atom. The molecule has 0 aliphatic rings. The molecule has 0 radical (unpaired) electrons. The van der Waals surface area contributed by atoms with Crippen LogP contribution in [0.3, 0.4) is 0 Å². The van der Waals surface area contributed by atoms with Crippen LogP contribution in [0.25, 0.3) is 11.1 Å². The molecule has 0 aliphatic carbocycles. The van der Waals surface area contributed by atoms with Gasteiger partial charge in [0.05, 0.1) is 16.6 Å². The molecular weight excluding hydrogens is 428 g/mol.